The number of unbranched alkanes of at least 4 members (excludes halogenated alkanes) is 1. The molecule has 0 radical (unpaired) electrons. The van der Waals surface area contributed by atoms with Gasteiger partial charge in [-0.05, 0) is 37.5 Å². The minimum atomic E-state index is -2.20. The lowest BCUT2D eigenvalue weighted by Gasteiger charge is -2.29. The largest absolute Gasteiger partial charge is 0.330 e. The molecule has 0 aromatic heterocycles. The van der Waals surface area contributed by atoms with Crippen molar-refractivity contribution in [3.63, 3.8) is 0 Å². The minimum Gasteiger partial charge on any atom is -0.330 e. The number of nitrogens with one attached hydrogen (secondary N) is 2. The van der Waals surface area contributed by atoms with Crippen LogP contribution in [0, 0.1) is 5.92 Å². The number of alkyl halides is 1. The fourth-order valence-electron chi connectivity index (χ4n) is 3.38. The van der Waals surface area contributed by atoms with Crippen LogP contribution in [0.2, 0.25) is 10.0 Å². The van der Waals surface area contributed by atoms with E-state index in [9.17, 15) is 18.8 Å². The summed E-state index contributed by atoms with van der Waals surface area (Å²) in [5, 5.41) is 12.0. The van der Waals surface area contributed by atoms with Crippen LogP contribution in [0.3, 0.4) is 0 Å². The molecule has 2 rings (SSSR count). The smallest absolute Gasteiger partial charge is 0.278 e. The Hall–Kier alpha value is -1.90. The van der Waals surface area contributed by atoms with Crippen molar-refractivity contribution in [3.8, 4) is 0 Å². The molecule has 3 atom stereocenters. The molecule has 10 heteroatoms. The minimum absolute atomic E-state index is 0.140. The van der Waals surface area contributed by atoms with Gasteiger partial charge in [-0.15, -0.1) is 0 Å². The fraction of sp³-hybridized carbons (Fsp3) is 0.526. The fourth-order valence-corrected chi connectivity index (χ4v) is 3.68. The number of nitrogens with zero attached hydrogens (tertiary/aromatic N) is 1. The maximum absolute atomic E-state index is 14.5. The summed E-state index contributed by atoms with van der Waals surface area (Å²) in [7, 11) is 0. The molecule has 7 nitrogen and oxygen atoms in total. The average molecular weight is 448 g/mol. The van der Waals surface area contributed by atoms with Gasteiger partial charge in [0.15, 0.2) is 6.17 Å². The molecule has 3 amide bonds. The van der Waals surface area contributed by atoms with Gasteiger partial charge in [-0.1, -0.05) is 43.0 Å². The van der Waals surface area contributed by atoms with Gasteiger partial charge in [-0.25, -0.2) is 9.87 Å². The molecule has 1 fully saturated rings. The Morgan fingerprint density at radius 1 is 1.31 bits per heavy atom. The summed E-state index contributed by atoms with van der Waals surface area (Å²) in [6.45, 7) is 2.17. The number of carbonyl (C=O) groups is 3. The zero-order chi connectivity index (χ0) is 21.6. The van der Waals surface area contributed by atoms with Crippen LogP contribution in [0.5, 0.6) is 0 Å². The van der Waals surface area contributed by atoms with Crippen molar-refractivity contribution >= 4 is 46.6 Å². The van der Waals surface area contributed by atoms with E-state index in [2.05, 4.69) is 5.32 Å². The summed E-state index contributed by atoms with van der Waals surface area (Å²) in [5.74, 6) is -3.57. The molecule has 0 spiro atoms. The first-order valence-electron chi connectivity index (χ1n) is 9.44. The number of anilines is 1. The number of amides is 3. The first-order valence-corrected chi connectivity index (χ1v) is 10.2. The summed E-state index contributed by atoms with van der Waals surface area (Å²) in [4.78, 5) is 38.6. The molecule has 0 saturated carbocycles. The second-order valence-corrected chi connectivity index (χ2v) is 7.75. The van der Waals surface area contributed by atoms with Crippen molar-refractivity contribution in [3.05, 3.63) is 28.2 Å². The van der Waals surface area contributed by atoms with E-state index >= 15 is 0 Å². The molecule has 1 aromatic carbocycles. The number of likely N-dealkylation sites (tertiary alicyclic amines) is 1. The van der Waals surface area contributed by atoms with Crippen LogP contribution < -0.4 is 10.8 Å². The van der Waals surface area contributed by atoms with Gasteiger partial charge in [-0.3, -0.25) is 19.6 Å². The number of hydroxylamine groups is 1. The molecule has 1 aromatic rings. The number of halogens is 3. The third-order valence-corrected chi connectivity index (χ3v) is 5.66. The van der Waals surface area contributed by atoms with Gasteiger partial charge in [-0.2, -0.15) is 0 Å². The standard InChI is InChI=1S/C19H24Cl2FN3O4/c1-2-3-5-12(16(22)18(27)24-29)19(28)25-9-4-6-15(25)17(26)23-11-7-8-13(20)14(21)10-11/h7-8,10,12,15-16,29H,2-6,9H2,1H3,(H,23,26)(H,24,27). The highest BCUT2D eigenvalue weighted by atomic mass is 35.5. The van der Waals surface area contributed by atoms with E-state index in [0.29, 0.717) is 36.4 Å². The Balaban J connectivity index is 2.15. The van der Waals surface area contributed by atoms with Crippen molar-refractivity contribution in [1.82, 2.24) is 10.4 Å². The van der Waals surface area contributed by atoms with Crippen LogP contribution in [-0.4, -0.2) is 46.6 Å². The summed E-state index contributed by atoms with van der Waals surface area (Å²) in [6, 6.07) is 3.83. The number of hydrogen-bond donors (Lipinski definition) is 3. The number of hydrogen-bond acceptors (Lipinski definition) is 4. The van der Waals surface area contributed by atoms with Crippen LogP contribution in [0.15, 0.2) is 18.2 Å². The topological polar surface area (TPSA) is 98.7 Å². The first-order chi connectivity index (χ1) is 13.8. The maximum atomic E-state index is 14.5. The molecule has 1 saturated heterocycles. The monoisotopic (exact) mass is 447 g/mol. The zero-order valence-electron chi connectivity index (χ0n) is 16.0. The van der Waals surface area contributed by atoms with Crippen LogP contribution in [0.25, 0.3) is 0 Å². The van der Waals surface area contributed by atoms with E-state index in [1.165, 1.54) is 16.4 Å². The summed E-state index contributed by atoms with van der Waals surface area (Å²) in [6.07, 6.45) is 0.180. The Bertz CT molecular complexity index is 765. The molecule has 3 unspecified atom stereocenters. The lowest BCUT2D eigenvalue weighted by molar-refractivity contribution is -0.148. The summed E-state index contributed by atoms with van der Waals surface area (Å²) >= 11 is 11.8. The van der Waals surface area contributed by atoms with Crippen LogP contribution >= 0.6 is 23.2 Å². The Morgan fingerprint density at radius 3 is 2.66 bits per heavy atom. The van der Waals surface area contributed by atoms with Gasteiger partial charge < -0.3 is 10.2 Å². The van der Waals surface area contributed by atoms with Crippen molar-refractivity contribution in [2.24, 2.45) is 5.92 Å². The summed E-state index contributed by atoms with van der Waals surface area (Å²) in [5.41, 5.74) is 1.68. The molecule has 3 N–H and O–H groups in total. The second kappa shape index (κ2) is 10.8. The summed E-state index contributed by atoms with van der Waals surface area (Å²) < 4.78 is 14.5. The Morgan fingerprint density at radius 2 is 2.03 bits per heavy atom. The number of benzene rings is 1. The van der Waals surface area contributed by atoms with E-state index in [1.807, 2.05) is 6.92 Å². The van der Waals surface area contributed by atoms with Gasteiger partial charge in [0, 0.05) is 12.2 Å². The zero-order valence-corrected chi connectivity index (χ0v) is 17.5. The predicted octanol–water partition coefficient (Wildman–Crippen LogP) is 3.57. The van der Waals surface area contributed by atoms with Crippen molar-refractivity contribution in [1.29, 1.82) is 0 Å². The third kappa shape index (κ3) is 5.81. The second-order valence-electron chi connectivity index (χ2n) is 6.93. The lowest BCUT2D eigenvalue weighted by atomic mass is 9.94. The van der Waals surface area contributed by atoms with Crippen LogP contribution in [0.4, 0.5) is 10.1 Å². The molecule has 1 aliphatic heterocycles. The number of rotatable bonds is 8. The van der Waals surface area contributed by atoms with E-state index in [4.69, 9.17) is 28.4 Å². The molecule has 0 aliphatic carbocycles. The molecule has 160 valence electrons. The molecule has 0 bridgehead atoms. The molecular weight excluding hydrogens is 424 g/mol. The van der Waals surface area contributed by atoms with Gasteiger partial charge >= 0.3 is 0 Å². The first kappa shape index (κ1) is 23.4. The quantitative estimate of drug-likeness (QED) is 0.418. The molecule has 29 heavy (non-hydrogen) atoms. The van der Waals surface area contributed by atoms with Crippen LogP contribution in [0.1, 0.15) is 39.0 Å². The average Bonchev–Trinajstić information content (AvgIpc) is 3.20. The van der Waals surface area contributed by atoms with E-state index in [0.717, 1.165) is 0 Å². The molecule has 1 aliphatic rings. The van der Waals surface area contributed by atoms with Gasteiger partial charge in [0.2, 0.25) is 11.8 Å². The highest BCUT2D eigenvalue weighted by Gasteiger charge is 2.41. The van der Waals surface area contributed by atoms with Gasteiger partial charge in [0.1, 0.15) is 6.04 Å². The normalized spacial score (nSPS) is 18.2. The number of carbonyl (C=O) groups excluding carboxylic acids is 3. The lowest BCUT2D eigenvalue weighted by Crippen LogP contribution is -2.49. The Kier molecular flexibility index (Phi) is 8.67. The van der Waals surface area contributed by atoms with Crippen molar-refractivity contribution in [2.75, 3.05) is 11.9 Å². The van der Waals surface area contributed by atoms with Gasteiger partial charge in [0.25, 0.3) is 5.91 Å². The molecule has 1 heterocycles. The van der Waals surface area contributed by atoms with E-state index in [-0.39, 0.29) is 18.0 Å². The third-order valence-electron chi connectivity index (χ3n) is 4.93. The predicted molar refractivity (Wildman–Crippen MR) is 108 cm³/mol. The maximum Gasteiger partial charge on any atom is 0.278 e. The highest BCUT2D eigenvalue weighted by Crippen LogP contribution is 2.28. The Labute approximate surface area is 178 Å². The van der Waals surface area contributed by atoms with E-state index in [1.54, 1.807) is 12.1 Å². The van der Waals surface area contributed by atoms with Crippen LogP contribution in [-0.2, 0) is 14.4 Å². The highest BCUT2D eigenvalue weighted by molar-refractivity contribution is 6.42. The molecular formula is C19H24Cl2FN3O4. The SMILES string of the molecule is CCCCC(C(=O)N1CCCC1C(=O)Nc1ccc(Cl)c(Cl)c1)C(F)C(=O)NO. The van der Waals surface area contributed by atoms with Crippen molar-refractivity contribution < 1.29 is 24.0 Å². The van der Waals surface area contributed by atoms with E-state index < -0.39 is 35.9 Å². The van der Waals surface area contributed by atoms with Gasteiger partial charge in [0.05, 0.1) is 16.0 Å². The van der Waals surface area contributed by atoms with Crippen molar-refractivity contribution in [2.45, 2.75) is 51.2 Å².